The van der Waals surface area contributed by atoms with Crippen LogP contribution in [0.15, 0.2) is 28.7 Å². The largest absolute Gasteiger partial charge is 0.387 e. The molecular formula is C14H17BrN2O3. The predicted octanol–water partition coefficient (Wildman–Crippen LogP) is 0.655. The quantitative estimate of drug-likeness (QED) is 0.879. The van der Waals surface area contributed by atoms with Gasteiger partial charge in [-0.3, -0.25) is 9.59 Å². The number of amides is 2. The number of hydrogen-bond donors (Lipinski definition) is 1. The number of nitrogens with zero attached hydrogens (tertiary/aromatic N) is 2. The highest BCUT2D eigenvalue weighted by Crippen LogP contribution is 2.17. The predicted molar refractivity (Wildman–Crippen MR) is 78.1 cm³/mol. The number of benzene rings is 1. The zero-order chi connectivity index (χ0) is 14.5. The molecule has 1 aliphatic heterocycles. The average molecular weight is 341 g/mol. The van der Waals surface area contributed by atoms with Crippen molar-refractivity contribution in [1.82, 2.24) is 9.80 Å². The van der Waals surface area contributed by atoms with Crippen LogP contribution in [0.5, 0.6) is 0 Å². The van der Waals surface area contributed by atoms with Crippen LogP contribution >= 0.6 is 15.9 Å². The molecule has 1 saturated heterocycles. The maximum Gasteiger partial charge on any atom is 0.248 e. The molecule has 1 aliphatic rings. The standard InChI is InChI=1S/C14H17BrN2O3/c15-12-4-2-1-3-11(12)9-13(19)16-5-7-17(8-6-16)14(20)10-18/h1-4,18H,5-10H2. The Hall–Kier alpha value is -1.40. The summed E-state index contributed by atoms with van der Waals surface area (Å²) in [5.74, 6) is -0.212. The van der Waals surface area contributed by atoms with Gasteiger partial charge in [0.25, 0.3) is 0 Å². The molecule has 6 heteroatoms. The molecule has 5 nitrogen and oxygen atoms in total. The summed E-state index contributed by atoms with van der Waals surface area (Å²) in [6.45, 7) is 1.55. The van der Waals surface area contributed by atoms with Crippen molar-refractivity contribution in [1.29, 1.82) is 0 Å². The first-order chi connectivity index (χ1) is 9.61. The van der Waals surface area contributed by atoms with Gasteiger partial charge in [-0.15, -0.1) is 0 Å². The van der Waals surface area contributed by atoms with Crippen LogP contribution in [-0.4, -0.2) is 59.5 Å². The van der Waals surface area contributed by atoms with E-state index in [1.165, 1.54) is 0 Å². The number of halogens is 1. The van der Waals surface area contributed by atoms with E-state index in [9.17, 15) is 9.59 Å². The third-order valence-electron chi connectivity index (χ3n) is 3.42. The molecule has 0 atom stereocenters. The van der Waals surface area contributed by atoms with Crippen molar-refractivity contribution in [2.75, 3.05) is 32.8 Å². The maximum atomic E-state index is 12.2. The molecule has 0 bridgehead atoms. The molecule has 1 aromatic rings. The zero-order valence-corrected chi connectivity index (χ0v) is 12.7. The average Bonchev–Trinajstić information content (AvgIpc) is 2.49. The minimum absolute atomic E-state index is 0.0630. The van der Waals surface area contributed by atoms with E-state index in [-0.39, 0.29) is 11.8 Å². The molecular weight excluding hydrogens is 324 g/mol. The highest BCUT2D eigenvalue weighted by molar-refractivity contribution is 9.10. The van der Waals surface area contributed by atoms with E-state index >= 15 is 0 Å². The SMILES string of the molecule is O=C(CO)N1CCN(C(=O)Cc2ccccc2Br)CC1. The van der Waals surface area contributed by atoms with Crippen molar-refractivity contribution in [2.45, 2.75) is 6.42 Å². The van der Waals surface area contributed by atoms with E-state index in [0.717, 1.165) is 10.0 Å². The Morgan fingerprint density at radius 3 is 2.15 bits per heavy atom. The van der Waals surface area contributed by atoms with Gasteiger partial charge in [0.15, 0.2) is 0 Å². The Bertz CT molecular complexity index is 499. The van der Waals surface area contributed by atoms with Crippen molar-refractivity contribution < 1.29 is 14.7 Å². The first kappa shape index (κ1) is 15.0. The highest BCUT2D eigenvalue weighted by atomic mass is 79.9. The Balaban J connectivity index is 1.89. The lowest BCUT2D eigenvalue weighted by molar-refractivity contribution is -0.140. The van der Waals surface area contributed by atoms with E-state index < -0.39 is 6.61 Å². The van der Waals surface area contributed by atoms with Crippen LogP contribution in [0.25, 0.3) is 0 Å². The Morgan fingerprint density at radius 1 is 1.05 bits per heavy atom. The summed E-state index contributed by atoms with van der Waals surface area (Å²) in [6, 6.07) is 7.66. The first-order valence-electron chi connectivity index (χ1n) is 6.51. The van der Waals surface area contributed by atoms with Crippen molar-refractivity contribution in [3.63, 3.8) is 0 Å². The van der Waals surface area contributed by atoms with Gasteiger partial charge in [-0.1, -0.05) is 34.1 Å². The van der Waals surface area contributed by atoms with Crippen LogP contribution in [0.4, 0.5) is 0 Å². The number of carbonyl (C=O) groups is 2. The molecule has 1 fully saturated rings. The van der Waals surface area contributed by atoms with Crippen molar-refractivity contribution in [3.8, 4) is 0 Å². The minimum atomic E-state index is -0.467. The van der Waals surface area contributed by atoms with Gasteiger partial charge in [0.1, 0.15) is 6.61 Å². The summed E-state index contributed by atoms with van der Waals surface area (Å²) in [7, 11) is 0. The fraction of sp³-hybridized carbons (Fsp3) is 0.429. The fourth-order valence-electron chi connectivity index (χ4n) is 2.22. The van der Waals surface area contributed by atoms with Crippen molar-refractivity contribution >= 4 is 27.7 Å². The number of rotatable bonds is 3. The normalized spacial score (nSPS) is 15.3. The van der Waals surface area contributed by atoms with Crippen LogP contribution in [0.3, 0.4) is 0 Å². The molecule has 0 saturated carbocycles. The van der Waals surface area contributed by atoms with Crippen LogP contribution in [0, 0.1) is 0 Å². The van der Waals surface area contributed by atoms with E-state index in [2.05, 4.69) is 15.9 Å². The number of aliphatic hydroxyl groups is 1. The van der Waals surface area contributed by atoms with E-state index in [4.69, 9.17) is 5.11 Å². The molecule has 0 aliphatic carbocycles. The van der Waals surface area contributed by atoms with Crippen molar-refractivity contribution in [3.05, 3.63) is 34.3 Å². The Morgan fingerprint density at radius 2 is 1.60 bits per heavy atom. The van der Waals surface area contributed by atoms with Gasteiger partial charge in [-0.25, -0.2) is 0 Å². The van der Waals surface area contributed by atoms with E-state index in [1.807, 2.05) is 24.3 Å². The summed E-state index contributed by atoms with van der Waals surface area (Å²) in [6.07, 6.45) is 0.357. The summed E-state index contributed by atoms with van der Waals surface area (Å²) in [5.41, 5.74) is 0.964. The number of aliphatic hydroxyl groups excluding tert-OH is 1. The number of hydrogen-bond acceptors (Lipinski definition) is 3. The monoisotopic (exact) mass is 340 g/mol. The molecule has 0 spiro atoms. The number of piperazine rings is 1. The molecule has 2 rings (SSSR count). The topological polar surface area (TPSA) is 60.9 Å². The second-order valence-electron chi connectivity index (χ2n) is 4.69. The Kier molecular flexibility index (Phi) is 5.14. The van der Waals surface area contributed by atoms with Crippen LogP contribution < -0.4 is 0 Å². The molecule has 0 radical (unpaired) electrons. The summed E-state index contributed by atoms with van der Waals surface area (Å²) in [5, 5.41) is 8.81. The van der Waals surface area contributed by atoms with Gasteiger partial charge in [0.2, 0.25) is 11.8 Å². The molecule has 20 heavy (non-hydrogen) atoms. The van der Waals surface area contributed by atoms with Crippen LogP contribution in [-0.2, 0) is 16.0 Å². The molecule has 2 amide bonds. The van der Waals surface area contributed by atoms with Crippen LogP contribution in [0.2, 0.25) is 0 Å². The van der Waals surface area contributed by atoms with Gasteiger partial charge >= 0.3 is 0 Å². The highest BCUT2D eigenvalue weighted by Gasteiger charge is 2.23. The molecule has 108 valence electrons. The van der Waals surface area contributed by atoms with Gasteiger partial charge < -0.3 is 14.9 Å². The van der Waals surface area contributed by atoms with Gasteiger partial charge in [-0.05, 0) is 11.6 Å². The van der Waals surface area contributed by atoms with Crippen LogP contribution in [0.1, 0.15) is 5.56 Å². The van der Waals surface area contributed by atoms with Crippen molar-refractivity contribution in [2.24, 2.45) is 0 Å². The third-order valence-corrected chi connectivity index (χ3v) is 4.19. The summed E-state index contributed by atoms with van der Waals surface area (Å²) >= 11 is 3.44. The lowest BCUT2D eigenvalue weighted by Crippen LogP contribution is -2.51. The second-order valence-corrected chi connectivity index (χ2v) is 5.54. The van der Waals surface area contributed by atoms with Gasteiger partial charge in [0, 0.05) is 30.7 Å². The molecule has 0 unspecified atom stereocenters. The summed E-state index contributed by atoms with van der Waals surface area (Å²) in [4.78, 5) is 26.9. The van der Waals surface area contributed by atoms with Gasteiger partial charge in [0.05, 0.1) is 6.42 Å². The minimum Gasteiger partial charge on any atom is -0.387 e. The smallest absolute Gasteiger partial charge is 0.248 e. The summed E-state index contributed by atoms with van der Waals surface area (Å²) < 4.78 is 0.933. The first-order valence-corrected chi connectivity index (χ1v) is 7.31. The fourth-order valence-corrected chi connectivity index (χ4v) is 2.65. The molecule has 1 heterocycles. The molecule has 1 N–H and O–H groups in total. The Labute approximate surface area is 126 Å². The molecule has 0 aromatic heterocycles. The second kappa shape index (κ2) is 6.85. The van der Waals surface area contributed by atoms with Gasteiger partial charge in [-0.2, -0.15) is 0 Å². The lowest BCUT2D eigenvalue weighted by atomic mass is 10.1. The lowest BCUT2D eigenvalue weighted by Gasteiger charge is -2.34. The maximum absolute atomic E-state index is 12.2. The zero-order valence-electron chi connectivity index (χ0n) is 11.1. The number of carbonyl (C=O) groups excluding carboxylic acids is 2. The third kappa shape index (κ3) is 3.58. The van der Waals surface area contributed by atoms with E-state index in [1.54, 1.807) is 9.80 Å². The molecule has 1 aromatic carbocycles. The van der Waals surface area contributed by atoms with E-state index in [0.29, 0.717) is 32.6 Å².